The smallest absolute Gasteiger partial charge is 0.310 e. The molecule has 2 unspecified atom stereocenters. The van der Waals surface area contributed by atoms with Gasteiger partial charge in [0.1, 0.15) is 6.04 Å². The van der Waals surface area contributed by atoms with Crippen LogP contribution in [0.15, 0.2) is 61.2 Å². The Balaban J connectivity index is 1.63. The minimum absolute atomic E-state index is 0.0953. The van der Waals surface area contributed by atoms with Crippen LogP contribution in [-0.2, 0) is 25.5 Å². The van der Waals surface area contributed by atoms with Crippen molar-refractivity contribution in [2.24, 2.45) is 11.8 Å². The molecule has 2 amide bonds. The molecule has 40 heavy (non-hydrogen) atoms. The summed E-state index contributed by atoms with van der Waals surface area (Å²) in [5.74, 6) is -2.27. The number of hydrogen-bond acceptors (Lipinski definition) is 6. The summed E-state index contributed by atoms with van der Waals surface area (Å²) < 4.78 is 4.62. The Labute approximate surface area is 244 Å². The number of rotatable bonds is 10. The van der Waals surface area contributed by atoms with Crippen molar-refractivity contribution >= 4 is 46.8 Å². The number of aliphatic hydroxyl groups excluding tert-OH is 1. The van der Waals surface area contributed by atoms with Gasteiger partial charge in [-0.25, -0.2) is 0 Å². The molecule has 0 saturated carbocycles. The van der Waals surface area contributed by atoms with Gasteiger partial charge >= 0.3 is 5.97 Å². The van der Waals surface area contributed by atoms with Crippen molar-refractivity contribution in [1.82, 2.24) is 4.90 Å². The predicted octanol–water partition coefficient (Wildman–Crippen LogP) is 4.43. The molecule has 3 saturated heterocycles. The van der Waals surface area contributed by atoms with Gasteiger partial charge in [0.15, 0.2) is 0 Å². The van der Waals surface area contributed by atoms with E-state index in [9.17, 15) is 19.5 Å². The van der Waals surface area contributed by atoms with E-state index in [1.165, 1.54) is 0 Å². The Bertz CT molecular complexity index is 1290. The fourth-order valence-electron chi connectivity index (χ4n) is 6.94. The average Bonchev–Trinajstić information content (AvgIpc) is 3.59. The molecule has 3 heterocycles. The first-order valence-corrected chi connectivity index (χ1v) is 15.0. The number of halogens is 1. The lowest BCUT2D eigenvalue weighted by Crippen LogP contribution is -2.58. The van der Waals surface area contributed by atoms with Crippen LogP contribution < -0.4 is 4.90 Å². The molecule has 0 aliphatic carbocycles. The molecule has 5 rings (SSSR count). The van der Waals surface area contributed by atoms with E-state index in [1.54, 1.807) is 40.6 Å². The number of nitrogens with zero attached hydrogens (tertiary/aromatic N) is 2. The van der Waals surface area contributed by atoms with E-state index in [2.05, 4.69) is 6.58 Å². The van der Waals surface area contributed by atoms with Crippen LogP contribution in [0.4, 0.5) is 5.69 Å². The van der Waals surface area contributed by atoms with E-state index >= 15 is 0 Å². The van der Waals surface area contributed by atoms with Gasteiger partial charge in [-0.05, 0) is 50.3 Å². The van der Waals surface area contributed by atoms with Gasteiger partial charge in [0.25, 0.3) is 5.91 Å². The molecule has 212 valence electrons. The zero-order chi connectivity index (χ0) is 28.6. The third kappa shape index (κ3) is 4.64. The third-order valence-corrected chi connectivity index (χ3v) is 10.7. The second-order valence-electron chi connectivity index (χ2n) is 10.7. The van der Waals surface area contributed by atoms with Gasteiger partial charge in [-0.15, -0.1) is 18.3 Å². The van der Waals surface area contributed by atoms with Crippen molar-refractivity contribution in [1.29, 1.82) is 0 Å². The lowest BCUT2D eigenvalue weighted by molar-refractivity contribution is -0.154. The summed E-state index contributed by atoms with van der Waals surface area (Å²) in [5.41, 5.74) is 2.34. The minimum Gasteiger partial charge on any atom is -0.466 e. The summed E-state index contributed by atoms with van der Waals surface area (Å²) in [6.07, 6.45) is 3.35. The number of aryl methyl sites for hydroxylation is 1. The van der Waals surface area contributed by atoms with Crippen LogP contribution in [-0.4, -0.2) is 69.6 Å². The minimum atomic E-state index is -0.893. The molecule has 2 bridgehead atoms. The first-order chi connectivity index (χ1) is 19.3. The number of carbonyl (C=O) groups is 3. The molecular weight excluding hydrogens is 548 g/mol. The molecule has 1 spiro atoms. The number of para-hydroxylation sites is 1. The number of ether oxygens (including phenoxy) is 1. The van der Waals surface area contributed by atoms with Crippen LogP contribution in [0.25, 0.3) is 0 Å². The number of hydrogen-bond donors (Lipinski definition) is 1. The van der Waals surface area contributed by atoms with Gasteiger partial charge in [0, 0.05) is 11.8 Å². The molecule has 1 N–H and O–H groups in total. The summed E-state index contributed by atoms with van der Waals surface area (Å²) in [6, 6.07) is 13.5. The number of fused-ring (bicyclic) bond motifs is 1. The normalized spacial score (nSPS) is 27.4. The molecule has 7 nitrogen and oxygen atoms in total. The maximum absolute atomic E-state index is 14.8. The van der Waals surface area contributed by atoms with Crippen molar-refractivity contribution in [3.05, 3.63) is 77.3 Å². The third-order valence-electron chi connectivity index (χ3n) is 8.49. The van der Waals surface area contributed by atoms with E-state index < -0.39 is 28.7 Å². The van der Waals surface area contributed by atoms with Crippen LogP contribution in [0.3, 0.4) is 0 Å². The zero-order valence-corrected chi connectivity index (χ0v) is 24.4. The highest BCUT2D eigenvalue weighted by Gasteiger charge is 2.74. The molecule has 9 heteroatoms. The van der Waals surface area contributed by atoms with Crippen LogP contribution in [0.1, 0.15) is 30.9 Å². The fourth-order valence-corrected chi connectivity index (χ4v) is 9.45. The molecule has 6 atom stereocenters. The number of carbonyl (C=O) groups excluding carboxylic acids is 3. The van der Waals surface area contributed by atoms with Crippen molar-refractivity contribution in [2.75, 3.05) is 24.7 Å². The molecule has 3 fully saturated rings. The Morgan fingerprint density at radius 2 is 2.02 bits per heavy atom. The quantitative estimate of drug-likeness (QED) is 0.330. The highest BCUT2D eigenvalue weighted by molar-refractivity contribution is 8.02. The second-order valence-corrected chi connectivity index (χ2v) is 12.7. The van der Waals surface area contributed by atoms with Crippen molar-refractivity contribution < 1.29 is 24.2 Å². The van der Waals surface area contributed by atoms with E-state index in [0.717, 1.165) is 11.1 Å². The number of aliphatic hydroxyl groups is 1. The number of esters is 1. The van der Waals surface area contributed by atoms with Gasteiger partial charge in [-0.1, -0.05) is 60.1 Å². The van der Waals surface area contributed by atoms with Gasteiger partial charge in [-0.3, -0.25) is 14.4 Å². The highest BCUT2D eigenvalue weighted by Crippen LogP contribution is 2.67. The van der Waals surface area contributed by atoms with Crippen LogP contribution in [0.2, 0.25) is 5.02 Å². The lowest BCUT2D eigenvalue weighted by Gasteiger charge is -2.40. The predicted molar refractivity (Wildman–Crippen MR) is 157 cm³/mol. The van der Waals surface area contributed by atoms with Crippen LogP contribution in [0, 0.1) is 18.8 Å². The maximum atomic E-state index is 14.8. The van der Waals surface area contributed by atoms with E-state index in [-0.39, 0.29) is 42.8 Å². The van der Waals surface area contributed by atoms with Crippen molar-refractivity contribution in [3.8, 4) is 0 Å². The molecule has 0 aromatic heterocycles. The zero-order valence-electron chi connectivity index (χ0n) is 22.8. The first kappa shape index (κ1) is 28.7. The number of anilines is 1. The van der Waals surface area contributed by atoms with Gasteiger partial charge in [0.05, 0.1) is 46.5 Å². The molecule has 3 aliphatic heterocycles. The topological polar surface area (TPSA) is 87.2 Å². The molecule has 0 radical (unpaired) electrons. The Morgan fingerprint density at radius 3 is 2.67 bits per heavy atom. The Morgan fingerprint density at radius 1 is 1.27 bits per heavy atom. The molecule has 3 aliphatic rings. The monoisotopic (exact) mass is 582 g/mol. The Hall–Kier alpha value is -2.81. The number of thioether (sulfide) groups is 1. The second kappa shape index (κ2) is 11.6. The van der Waals surface area contributed by atoms with Crippen molar-refractivity contribution in [3.63, 3.8) is 0 Å². The van der Waals surface area contributed by atoms with Crippen molar-refractivity contribution in [2.45, 2.75) is 55.2 Å². The summed E-state index contributed by atoms with van der Waals surface area (Å²) in [4.78, 5) is 45.6. The summed E-state index contributed by atoms with van der Waals surface area (Å²) in [5, 5.41) is 11.0. The molecular formula is C31H35ClN2O5S. The molecule has 2 aromatic rings. The summed E-state index contributed by atoms with van der Waals surface area (Å²) in [7, 11) is 0. The average molecular weight is 583 g/mol. The fraction of sp³-hybridized carbons (Fsp3) is 0.452. The SMILES string of the molecule is C=CCN(C(=O)C1N([C@@H](CO)Cc2ccccc2)C(=O)[C@@H]2[C@H](C(=O)OCC)[C@@H]3CCC12S3)c1c(C)cccc1Cl. The lowest BCUT2D eigenvalue weighted by atomic mass is 9.71. The summed E-state index contributed by atoms with van der Waals surface area (Å²) >= 11 is 8.22. The Kier molecular flexibility index (Phi) is 8.32. The number of amides is 2. The summed E-state index contributed by atoms with van der Waals surface area (Å²) in [6.45, 7) is 7.62. The van der Waals surface area contributed by atoms with E-state index in [4.69, 9.17) is 16.3 Å². The van der Waals surface area contributed by atoms with E-state index in [1.807, 2.05) is 49.4 Å². The first-order valence-electron chi connectivity index (χ1n) is 13.8. The van der Waals surface area contributed by atoms with Gasteiger partial charge < -0.3 is 19.6 Å². The number of benzene rings is 2. The van der Waals surface area contributed by atoms with E-state index in [0.29, 0.717) is 30.0 Å². The van der Waals surface area contributed by atoms with Crippen LogP contribution in [0.5, 0.6) is 0 Å². The largest absolute Gasteiger partial charge is 0.466 e. The van der Waals surface area contributed by atoms with Gasteiger partial charge in [-0.2, -0.15) is 0 Å². The highest BCUT2D eigenvalue weighted by atomic mass is 35.5. The maximum Gasteiger partial charge on any atom is 0.310 e. The number of likely N-dealkylation sites (tertiary alicyclic amines) is 1. The standard InChI is InChI=1S/C31H35ClN2O5S/c1-4-16-33(26-19(3)10-9-13-22(26)32)29(37)27-31-15-14-23(40-31)24(30(38)39-5-2)25(31)28(36)34(27)21(18-35)17-20-11-7-6-8-12-20/h4,6-13,21,23-25,27,35H,1,5,14-18H2,2-3H3/t21-,23+,24-,25+,27?,31?/m1/s1. The van der Waals surface area contributed by atoms with Gasteiger partial charge in [0.2, 0.25) is 5.91 Å². The van der Waals surface area contributed by atoms with Crippen LogP contribution >= 0.6 is 23.4 Å². The molecule has 2 aromatic carbocycles.